The van der Waals surface area contributed by atoms with Gasteiger partial charge in [-0.25, -0.2) is 9.78 Å². The molecule has 0 spiro atoms. The minimum Gasteiger partial charge on any atom is -0.453 e. The quantitative estimate of drug-likeness (QED) is 0.627. The lowest BCUT2D eigenvalue weighted by Crippen LogP contribution is -2.33. The van der Waals surface area contributed by atoms with Gasteiger partial charge in [-0.3, -0.25) is 0 Å². The van der Waals surface area contributed by atoms with Crippen LogP contribution in [-0.4, -0.2) is 48.2 Å². The fourth-order valence-electron chi connectivity index (χ4n) is 2.76. The lowest BCUT2D eigenvalue weighted by molar-refractivity contribution is -0.0161. The first-order valence-corrected chi connectivity index (χ1v) is 8.21. The number of esters is 1. The predicted molar refractivity (Wildman–Crippen MR) is 78.5 cm³/mol. The van der Waals surface area contributed by atoms with Gasteiger partial charge in [0, 0.05) is 12.1 Å². The van der Waals surface area contributed by atoms with E-state index in [1.807, 2.05) is 6.92 Å². The van der Waals surface area contributed by atoms with Crippen molar-refractivity contribution in [2.75, 3.05) is 19.0 Å². The fourth-order valence-corrected chi connectivity index (χ4v) is 3.47. The molecule has 3 rings (SSSR count). The molecule has 2 fully saturated rings. The van der Waals surface area contributed by atoms with Crippen LogP contribution in [0.5, 0.6) is 0 Å². The van der Waals surface area contributed by atoms with E-state index in [1.54, 1.807) is 18.3 Å². The van der Waals surface area contributed by atoms with Crippen LogP contribution in [0, 0.1) is 5.92 Å². The summed E-state index contributed by atoms with van der Waals surface area (Å²) in [4.78, 5) is 16.6. The van der Waals surface area contributed by atoms with Gasteiger partial charge in [-0.2, -0.15) is 0 Å². The Bertz CT molecular complexity index is 524. The Morgan fingerprint density at radius 1 is 1.43 bits per heavy atom. The molecule has 0 radical (unpaired) electrons. The SMILES string of the molecule is CCSc1ncccc1C(=O)O[C@@H]1CO[C@H]2[C@@H]1OC[C@@H]2C. The van der Waals surface area contributed by atoms with E-state index in [0.717, 1.165) is 5.75 Å². The summed E-state index contributed by atoms with van der Waals surface area (Å²) in [7, 11) is 0. The van der Waals surface area contributed by atoms with Crippen LogP contribution in [0.4, 0.5) is 0 Å². The first kappa shape index (κ1) is 14.8. The van der Waals surface area contributed by atoms with E-state index < -0.39 is 0 Å². The third kappa shape index (κ3) is 2.93. The van der Waals surface area contributed by atoms with Crippen LogP contribution in [-0.2, 0) is 14.2 Å². The standard InChI is InChI=1S/C15H19NO4S/c1-3-21-14-10(5-4-6-16-14)15(17)20-11-8-19-12-9(2)7-18-13(11)12/h4-6,9,11-13H,3,7-8H2,1-2H3/t9-,11+,12+,13+/m0/s1. The van der Waals surface area contributed by atoms with Gasteiger partial charge in [0.2, 0.25) is 0 Å². The van der Waals surface area contributed by atoms with Gasteiger partial charge in [-0.05, 0) is 17.9 Å². The summed E-state index contributed by atoms with van der Waals surface area (Å²) in [6.45, 7) is 5.18. The van der Waals surface area contributed by atoms with Gasteiger partial charge >= 0.3 is 5.97 Å². The number of aromatic nitrogens is 1. The molecule has 1 aromatic rings. The molecule has 21 heavy (non-hydrogen) atoms. The summed E-state index contributed by atoms with van der Waals surface area (Å²) in [5.41, 5.74) is 0.513. The maximum absolute atomic E-state index is 12.4. The number of carbonyl (C=O) groups excluding carboxylic acids is 1. The summed E-state index contributed by atoms with van der Waals surface area (Å²) in [6.07, 6.45) is 1.27. The Hall–Kier alpha value is -1.11. The molecular formula is C15H19NO4S. The molecule has 114 valence electrons. The Balaban J connectivity index is 1.70. The highest BCUT2D eigenvalue weighted by Crippen LogP contribution is 2.33. The molecule has 0 amide bonds. The topological polar surface area (TPSA) is 57.7 Å². The van der Waals surface area contributed by atoms with E-state index in [0.29, 0.717) is 29.7 Å². The molecule has 4 atom stereocenters. The highest BCUT2D eigenvalue weighted by atomic mass is 32.2. The molecule has 0 saturated carbocycles. The second-order valence-electron chi connectivity index (χ2n) is 5.31. The van der Waals surface area contributed by atoms with Crippen molar-refractivity contribution < 1.29 is 19.0 Å². The zero-order chi connectivity index (χ0) is 14.8. The zero-order valence-electron chi connectivity index (χ0n) is 12.2. The maximum atomic E-state index is 12.4. The van der Waals surface area contributed by atoms with E-state index in [2.05, 4.69) is 11.9 Å². The third-order valence-corrected chi connectivity index (χ3v) is 4.67. The minimum atomic E-state index is -0.351. The highest BCUT2D eigenvalue weighted by Gasteiger charge is 2.47. The minimum absolute atomic E-state index is 0.0428. The molecule has 0 aromatic carbocycles. The zero-order valence-corrected chi connectivity index (χ0v) is 13.0. The van der Waals surface area contributed by atoms with Gasteiger partial charge in [-0.15, -0.1) is 11.8 Å². The number of nitrogens with zero attached hydrogens (tertiary/aromatic N) is 1. The second kappa shape index (κ2) is 6.34. The predicted octanol–water partition coefficient (Wildman–Crippen LogP) is 2.15. The van der Waals surface area contributed by atoms with Crippen LogP contribution in [0.3, 0.4) is 0 Å². The van der Waals surface area contributed by atoms with Crippen molar-refractivity contribution >= 4 is 17.7 Å². The Kier molecular flexibility index (Phi) is 4.47. The van der Waals surface area contributed by atoms with Crippen molar-refractivity contribution in [1.82, 2.24) is 4.98 Å². The number of hydrogen-bond acceptors (Lipinski definition) is 6. The fraction of sp³-hybridized carbons (Fsp3) is 0.600. The second-order valence-corrected chi connectivity index (χ2v) is 6.56. The molecule has 0 aliphatic carbocycles. The summed E-state index contributed by atoms with van der Waals surface area (Å²) in [5.74, 6) is 0.856. The van der Waals surface area contributed by atoms with Crippen molar-refractivity contribution in [2.45, 2.75) is 37.2 Å². The summed E-state index contributed by atoms with van der Waals surface area (Å²) in [5, 5.41) is 0.709. The first-order valence-electron chi connectivity index (χ1n) is 7.22. The number of thioether (sulfide) groups is 1. The van der Waals surface area contributed by atoms with Gasteiger partial charge in [0.1, 0.15) is 11.1 Å². The summed E-state index contributed by atoms with van der Waals surface area (Å²) in [6, 6.07) is 3.50. The van der Waals surface area contributed by atoms with Crippen LogP contribution >= 0.6 is 11.8 Å². The number of ether oxygens (including phenoxy) is 3. The van der Waals surface area contributed by atoms with Crippen LogP contribution in [0.15, 0.2) is 23.4 Å². The van der Waals surface area contributed by atoms with E-state index in [9.17, 15) is 4.79 Å². The number of carbonyl (C=O) groups is 1. The molecule has 0 bridgehead atoms. The number of fused-ring (bicyclic) bond motifs is 1. The van der Waals surface area contributed by atoms with Crippen molar-refractivity contribution in [3.05, 3.63) is 23.9 Å². The summed E-state index contributed by atoms with van der Waals surface area (Å²) < 4.78 is 17.0. The Morgan fingerprint density at radius 3 is 3.05 bits per heavy atom. The lowest BCUT2D eigenvalue weighted by atomic mass is 10.0. The van der Waals surface area contributed by atoms with Gasteiger partial charge in [0.15, 0.2) is 6.10 Å². The molecule has 0 N–H and O–H groups in total. The number of hydrogen-bond donors (Lipinski definition) is 0. The largest absolute Gasteiger partial charge is 0.453 e. The van der Waals surface area contributed by atoms with E-state index in [1.165, 1.54) is 11.8 Å². The monoisotopic (exact) mass is 309 g/mol. The third-order valence-electron chi connectivity index (χ3n) is 3.79. The average Bonchev–Trinajstić information content (AvgIpc) is 3.04. The van der Waals surface area contributed by atoms with E-state index >= 15 is 0 Å². The highest BCUT2D eigenvalue weighted by molar-refractivity contribution is 7.99. The van der Waals surface area contributed by atoms with Crippen LogP contribution < -0.4 is 0 Å². The van der Waals surface area contributed by atoms with Gasteiger partial charge < -0.3 is 14.2 Å². The van der Waals surface area contributed by atoms with E-state index in [4.69, 9.17) is 14.2 Å². The molecule has 2 aliphatic heterocycles. The summed E-state index contributed by atoms with van der Waals surface area (Å²) >= 11 is 1.53. The maximum Gasteiger partial charge on any atom is 0.341 e. The van der Waals surface area contributed by atoms with Crippen LogP contribution in [0.25, 0.3) is 0 Å². The van der Waals surface area contributed by atoms with Gasteiger partial charge in [-0.1, -0.05) is 13.8 Å². The molecule has 3 heterocycles. The van der Waals surface area contributed by atoms with Crippen LogP contribution in [0.1, 0.15) is 24.2 Å². The Labute approximate surface area is 128 Å². The van der Waals surface area contributed by atoms with Crippen molar-refractivity contribution in [3.63, 3.8) is 0 Å². The molecule has 6 heteroatoms. The van der Waals surface area contributed by atoms with Gasteiger partial charge in [0.25, 0.3) is 0 Å². The van der Waals surface area contributed by atoms with E-state index in [-0.39, 0.29) is 24.3 Å². The number of pyridine rings is 1. The average molecular weight is 309 g/mol. The Morgan fingerprint density at radius 2 is 2.24 bits per heavy atom. The normalized spacial score (nSPS) is 31.1. The van der Waals surface area contributed by atoms with Crippen molar-refractivity contribution in [3.8, 4) is 0 Å². The lowest BCUT2D eigenvalue weighted by Gasteiger charge is -2.17. The molecular weight excluding hydrogens is 290 g/mol. The molecule has 2 saturated heterocycles. The molecule has 0 unspecified atom stereocenters. The molecule has 5 nitrogen and oxygen atoms in total. The number of rotatable bonds is 4. The van der Waals surface area contributed by atoms with Crippen molar-refractivity contribution in [1.29, 1.82) is 0 Å². The molecule has 1 aromatic heterocycles. The smallest absolute Gasteiger partial charge is 0.341 e. The first-order chi connectivity index (χ1) is 10.2. The van der Waals surface area contributed by atoms with Crippen LogP contribution in [0.2, 0.25) is 0 Å². The van der Waals surface area contributed by atoms with Crippen molar-refractivity contribution in [2.24, 2.45) is 5.92 Å². The molecule has 2 aliphatic rings. The van der Waals surface area contributed by atoms with Gasteiger partial charge in [0.05, 0.1) is 24.9 Å².